The third-order valence-corrected chi connectivity index (χ3v) is 4.19. The Morgan fingerprint density at radius 2 is 1.69 bits per heavy atom. The average molecular weight is 297 g/mol. The van der Waals surface area contributed by atoms with Crippen LogP contribution in [0.4, 0.5) is 0 Å². The molecule has 0 aromatic carbocycles. The van der Waals surface area contributed by atoms with Crippen molar-refractivity contribution in [2.45, 2.75) is 60.8 Å². The maximum Gasteiger partial charge on any atom is 0 e. The van der Waals surface area contributed by atoms with E-state index in [-0.39, 0.29) is 32.7 Å². The van der Waals surface area contributed by atoms with Crippen LogP contribution in [0.3, 0.4) is 0 Å². The van der Waals surface area contributed by atoms with Crippen molar-refractivity contribution in [3.8, 4) is 0 Å². The summed E-state index contributed by atoms with van der Waals surface area (Å²) in [6.45, 7) is 18.1. The van der Waals surface area contributed by atoms with Gasteiger partial charge in [0, 0.05) is 32.7 Å². The fourth-order valence-corrected chi connectivity index (χ4v) is 2.79. The predicted molar refractivity (Wildman–Crippen MR) is 68.3 cm³/mol. The van der Waals surface area contributed by atoms with Gasteiger partial charge >= 0.3 is 0 Å². The molecule has 93 valence electrons. The summed E-state index contributed by atoms with van der Waals surface area (Å²) in [7, 11) is 0. The summed E-state index contributed by atoms with van der Waals surface area (Å²) in [5.41, 5.74) is 1.31. The second kappa shape index (κ2) is 5.39. The molecular formula is C15H28Y-2. The van der Waals surface area contributed by atoms with Gasteiger partial charge in [0.25, 0.3) is 0 Å². The number of hydrogen-bond donors (Lipinski definition) is 0. The minimum atomic E-state index is 0. The van der Waals surface area contributed by atoms with Crippen LogP contribution >= 0.6 is 0 Å². The molecule has 16 heavy (non-hydrogen) atoms. The van der Waals surface area contributed by atoms with E-state index < -0.39 is 0 Å². The molecule has 2 atom stereocenters. The maximum atomic E-state index is 4.17. The molecule has 0 saturated heterocycles. The first kappa shape index (κ1) is 17.1. The Balaban J connectivity index is 0.00000225. The zero-order chi connectivity index (χ0) is 11.9. The third kappa shape index (κ3) is 3.80. The molecule has 0 aromatic rings. The monoisotopic (exact) mass is 297 g/mol. The van der Waals surface area contributed by atoms with E-state index in [0.29, 0.717) is 16.2 Å². The minimum absolute atomic E-state index is 0. The summed E-state index contributed by atoms with van der Waals surface area (Å²) in [6, 6.07) is 0. The molecule has 1 saturated carbocycles. The Labute approximate surface area is 128 Å². The van der Waals surface area contributed by atoms with Crippen molar-refractivity contribution in [3.63, 3.8) is 0 Å². The standard InChI is InChI=1S/C15H28.Y/c1-8-15(14(5,6)7)11-12(15)9-10-13(2,3)4;/h10,12H,1,8-9,11H2,2-7H3;/q-2;. The first-order valence-corrected chi connectivity index (χ1v) is 6.26. The SMILES string of the molecule is [CH2-]CC1(C(C)(C)C)CC1C[CH-]C(C)(C)C.[Y]. The summed E-state index contributed by atoms with van der Waals surface area (Å²) >= 11 is 0. The van der Waals surface area contributed by atoms with Crippen LogP contribution in [0.15, 0.2) is 0 Å². The topological polar surface area (TPSA) is 0 Å². The van der Waals surface area contributed by atoms with E-state index in [1.165, 1.54) is 12.8 Å². The smallest absolute Gasteiger partial charge is 0 e. The van der Waals surface area contributed by atoms with Gasteiger partial charge in [-0.1, -0.05) is 52.9 Å². The van der Waals surface area contributed by atoms with Gasteiger partial charge in [-0.2, -0.15) is 18.3 Å². The molecule has 1 fully saturated rings. The van der Waals surface area contributed by atoms with Crippen LogP contribution in [0.2, 0.25) is 0 Å². The van der Waals surface area contributed by atoms with E-state index in [9.17, 15) is 0 Å². The molecular weight excluding hydrogens is 269 g/mol. The van der Waals surface area contributed by atoms with E-state index in [0.717, 1.165) is 12.3 Å². The predicted octanol–water partition coefficient (Wildman–Crippen LogP) is 4.90. The molecule has 0 bridgehead atoms. The first-order valence-electron chi connectivity index (χ1n) is 6.26. The second-order valence-corrected chi connectivity index (χ2v) is 7.36. The van der Waals surface area contributed by atoms with Gasteiger partial charge < -0.3 is 13.3 Å². The van der Waals surface area contributed by atoms with Gasteiger partial charge in [0.2, 0.25) is 0 Å². The number of hydrogen-bond acceptors (Lipinski definition) is 0. The van der Waals surface area contributed by atoms with Crippen LogP contribution in [0.5, 0.6) is 0 Å². The van der Waals surface area contributed by atoms with Crippen molar-refractivity contribution in [1.82, 2.24) is 0 Å². The van der Waals surface area contributed by atoms with Crippen molar-refractivity contribution in [1.29, 1.82) is 0 Å². The van der Waals surface area contributed by atoms with Crippen molar-refractivity contribution in [3.05, 3.63) is 13.3 Å². The van der Waals surface area contributed by atoms with Gasteiger partial charge in [-0.3, -0.25) is 0 Å². The average Bonchev–Trinajstić information content (AvgIpc) is 2.73. The van der Waals surface area contributed by atoms with Crippen LogP contribution in [0.1, 0.15) is 60.8 Å². The Hall–Kier alpha value is 1.10. The molecule has 0 aliphatic heterocycles. The number of rotatable bonds is 3. The zero-order valence-electron chi connectivity index (χ0n) is 12.1. The molecule has 2 unspecified atom stereocenters. The summed E-state index contributed by atoms with van der Waals surface area (Å²) in [5.74, 6) is 0.884. The first-order chi connectivity index (χ1) is 6.62. The van der Waals surface area contributed by atoms with Crippen LogP contribution in [0, 0.1) is 35.5 Å². The van der Waals surface area contributed by atoms with E-state index in [1.54, 1.807) is 0 Å². The van der Waals surface area contributed by atoms with Gasteiger partial charge in [0.15, 0.2) is 0 Å². The molecule has 1 heteroatoms. The molecule has 0 amide bonds. The zero-order valence-corrected chi connectivity index (χ0v) is 14.9. The quantitative estimate of drug-likeness (QED) is 0.650. The molecule has 1 aliphatic rings. The summed E-state index contributed by atoms with van der Waals surface area (Å²) in [4.78, 5) is 0. The maximum absolute atomic E-state index is 4.17. The van der Waals surface area contributed by atoms with Gasteiger partial charge in [-0.15, -0.1) is 0 Å². The third-order valence-electron chi connectivity index (χ3n) is 4.19. The largest absolute Gasteiger partial charge is 0.343 e. The summed E-state index contributed by atoms with van der Waals surface area (Å²) in [6.07, 6.45) is 6.24. The summed E-state index contributed by atoms with van der Waals surface area (Å²) in [5, 5.41) is 0. The molecule has 0 spiro atoms. The Bertz CT molecular complexity index is 219. The van der Waals surface area contributed by atoms with Crippen molar-refractivity contribution in [2.75, 3.05) is 0 Å². The molecule has 0 N–H and O–H groups in total. The molecule has 0 nitrogen and oxygen atoms in total. The van der Waals surface area contributed by atoms with E-state index in [4.69, 9.17) is 0 Å². The van der Waals surface area contributed by atoms with Crippen LogP contribution in [-0.4, -0.2) is 0 Å². The molecule has 1 aliphatic carbocycles. The Kier molecular flexibility index (Phi) is 5.76. The van der Waals surface area contributed by atoms with Crippen LogP contribution < -0.4 is 0 Å². The van der Waals surface area contributed by atoms with Crippen molar-refractivity contribution >= 4 is 0 Å². The molecule has 1 radical (unpaired) electrons. The van der Waals surface area contributed by atoms with Crippen molar-refractivity contribution in [2.24, 2.45) is 22.2 Å². The summed E-state index contributed by atoms with van der Waals surface area (Å²) < 4.78 is 0. The Morgan fingerprint density at radius 1 is 1.19 bits per heavy atom. The molecule has 1 rings (SSSR count). The van der Waals surface area contributed by atoms with Gasteiger partial charge in [0.1, 0.15) is 0 Å². The van der Waals surface area contributed by atoms with E-state index >= 15 is 0 Å². The molecule has 0 heterocycles. The van der Waals surface area contributed by atoms with Gasteiger partial charge in [0.05, 0.1) is 0 Å². The fourth-order valence-electron chi connectivity index (χ4n) is 2.79. The van der Waals surface area contributed by atoms with Gasteiger partial charge in [-0.05, 0) is 11.8 Å². The van der Waals surface area contributed by atoms with E-state index in [1.807, 2.05) is 0 Å². The Morgan fingerprint density at radius 3 is 1.94 bits per heavy atom. The van der Waals surface area contributed by atoms with Crippen LogP contribution in [-0.2, 0) is 32.7 Å². The second-order valence-electron chi connectivity index (χ2n) is 7.36. The van der Waals surface area contributed by atoms with E-state index in [2.05, 4.69) is 54.9 Å². The normalized spacial score (nSPS) is 29.8. The fraction of sp³-hybridized carbons (Fsp3) is 0.867. The van der Waals surface area contributed by atoms with Gasteiger partial charge in [-0.25, -0.2) is 0 Å². The van der Waals surface area contributed by atoms with Crippen molar-refractivity contribution < 1.29 is 32.7 Å². The van der Waals surface area contributed by atoms with Crippen LogP contribution in [0.25, 0.3) is 0 Å². The minimum Gasteiger partial charge on any atom is -0.343 e. The molecule has 0 aromatic heterocycles.